The van der Waals surface area contributed by atoms with Gasteiger partial charge in [0.05, 0.1) is 13.0 Å². The zero-order chi connectivity index (χ0) is 26.9. The van der Waals surface area contributed by atoms with Crippen molar-refractivity contribution in [3.8, 4) is 0 Å². The summed E-state index contributed by atoms with van der Waals surface area (Å²) >= 11 is 0. The Labute approximate surface area is 152 Å². The molecule has 1 saturated carbocycles. The number of nitrogens with two attached hydrogens (primary N) is 1. The summed E-state index contributed by atoms with van der Waals surface area (Å²) < 4.78 is 88.6. The lowest BCUT2D eigenvalue weighted by Crippen LogP contribution is -2.36. The van der Waals surface area contributed by atoms with Crippen LogP contribution in [0.5, 0.6) is 0 Å². The van der Waals surface area contributed by atoms with E-state index in [1.807, 2.05) is 0 Å². The lowest BCUT2D eigenvalue weighted by molar-refractivity contribution is 0.0739. The highest BCUT2D eigenvalue weighted by atomic mass is 16.3. The van der Waals surface area contributed by atoms with Gasteiger partial charge in [-0.25, -0.2) is 4.98 Å². The van der Waals surface area contributed by atoms with E-state index in [2.05, 4.69) is 20.6 Å². The number of carbonyl (C=O) groups excluding carboxylic acids is 1. The van der Waals surface area contributed by atoms with E-state index in [4.69, 9.17) is 20.8 Å². The van der Waals surface area contributed by atoms with Gasteiger partial charge in [0.2, 0.25) is 5.95 Å². The summed E-state index contributed by atoms with van der Waals surface area (Å²) in [4.78, 5) is 19.8. The van der Waals surface area contributed by atoms with E-state index in [-0.39, 0.29) is 5.95 Å². The fourth-order valence-electron chi connectivity index (χ4n) is 1.73. The van der Waals surface area contributed by atoms with Crippen molar-refractivity contribution in [2.75, 3.05) is 10.6 Å². The predicted molar refractivity (Wildman–Crippen MR) is 90.4 cm³/mol. The molecule has 7 nitrogen and oxygen atoms in total. The second kappa shape index (κ2) is 6.70. The van der Waals surface area contributed by atoms with Gasteiger partial charge in [-0.05, 0) is 45.8 Å². The van der Waals surface area contributed by atoms with Crippen molar-refractivity contribution in [1.82, 2.24) is 9.97 Å². The van der Waals surface area contributed by atoms with Crippen LogP contribution in [0.25, 0.3) is 0 Å². The average Bonchev–Trinajstić information content (AvgIpc) is 2.61. The molecule has 1 aromatic rings. The third-order valence-electron chi connectivity index (χ3n) is 2.68. The summed E-state index contributed by atoms with van der Waals surface area (Å²) in [6.45, 7) is 1.44. The SMILES string of the molecule is [2H]C([2H])([2H])C1([2H])C([2H])([2H])C([2H])([2H])C(Nc2nc(NC(C)(C)C)ncc2C(N)=O)C([2H])([2H])C1([2H])O. The van der Waals surface area contributed by atoms with E-state index in [1.54, 1.807) is 20.8 Å². The Kier molecular flexibility index (Phi) is 2.27. The monoisotopic (exact) mass is 332 g/mol. The number of nitrogens with zero attached hydrogens (tertiary/aromatic N) is 2. The van der Waals surface area contributed by atoms with E-state index < -0.39 is 66.8 Å². The molecule has 1 aliphatic carbocycles. The zero-order valence-electron chi connectivity index (χ0n) is 24.0. The molecule has 1 fully saturated rings. The normalized spacial score (nSPS) is 45.6. The number of rotatable bonds is 4. The minimum atomic E-state index is -4.00. The van der Waals surface area contributed by atoms with Crippen LogP contribution in [0.1, 0.15) is 72.2 Å². The number of amides is 1. The van der Waals surface area contributed by atoms with Gasteiger partial charge in [0, 0.05) is 31.5 Å². The van der Waals surface area contributed by atoms with Crippen LogP contribution in [0.4, 0.5) is 11.8 Å². The Bertz CT molecular complexity index is 947. The molecule has 3 atom stereocenters. The highest BCUT2D eigenvalue weighted by Crippen LogP contribution is 2.27. The van der Waals surface area contributed by atoms with Gasteiger partial charge in [0.1, 0.15) is 5.82 Å². The van der Waals surface area contributed by atoms with Crippen molar-refractivity contribution in [3.63, 3.8) is 0 Å². The van der Waals surface area contributed by atoms with Gasteiger partial charge < -0.3 is 21.5 Å². The maximum absolute atomic E-state index is 11.9. The molecule has 0 radical (unpaired) electrons. The number of primary amides is 1. The minimum absolute atomic E-state index is 0.0987. The Morgan fingerprint density at radius 3 is 2.91 bits per heavy atom. The van der Waals surface area contributed by atoms with Crippen LogP contribution in [0.2, 0.25) is 0 Å². The fourth-order valence-corrected chi connectivity index (χ4v) is 1.73. The van der Waals surface area contributed by atoms with Crippen molar-refractivity contribution in [3.05, 3.63) is 11.8 Å². The molecule has 0 bridgehead atoms. The van der Waals surface area contributed by atoms with Gasteiger partial charge in [-0.15, -0.1) is 0 Å². The topological polar surface area (TPSA) is 113 Å². The summed E-state index contributed by atoms with van der Waals surface area (Å²) in [5.74, 6) is -5.71. The molecular weight excluding hydrogens is 294 g/mol. The first-order valence-corrected chi connectivity index (χ1v) is 6.80. The van der Waals surface area contributed by atoms with E-state index in [9.17, 15) is 9.90 Å². The molecule has 0 aliphatic heterocycles. The smallest absolute Gasteiger partial charge is 0.254 e. The van der Waals surface area contributed by atoms with Crippen LogP contribution in [-0.2, 0) is 0 Å². The first kappa shape index (κ1) is 7.79. The maximum atomic E-state index is 11.9. The summed E-state index contributed by atoms with van der Waals surface area (Å²) in [7, 11) is 0. The van der Waals surface area contributed by atoms with Crippen molar-refractivity contribution >= 4 is 17.7 Å². The Balaban J connectivity index is 2.76. The van der Waals surface area contributed by atoms with Crippen LogP contribution >= 0.6 is 0 Å². The summed E-state index contributed by atoms with van der Waals surface area (Å²) in [6.07, 6.45) is -14.0. The van der Waals surface area contributed by atoms with E-state index in [0.29, 0.717) is 0 Å². The number of carbonyl (C=O) groups is 1. The van der Waals surface area contributed by atoms with E-state index in [1.165, 1.54) is 0 Å². The van der Waals surface area contributed by atoms with Crippen LogP contribution in [-0.4, -0.2) is 38.6 Å². The predicted octanol–water partition coefficient (Wildman–Crippen LogP) is 1.75. The molecule has 1 heterocycles. The maximum Gasteiger partial charge on any atom is 0.254 e. The van der Waals surface area contributed by atoms with Gasteiger partial charge in [0.25, 0.3) is 5.91 Å². The largest absolute Gasteiger partial charge is 0.393 e. The Hall–Kier alpha value is -1.89. The average molecular weight is 332 g/mol. The molecule has 23 heavy (non-hydrogen) atoms. The van der Waals surface area contributed by atoms with Gasteiger partial charge in [0.15, 0.2) is 0 Å². The number of anilines is 2. The molecule has 0 aromatic carbocycles. The number of nitrogens with one attached hydrogen (secondary N) is 2. The summed E-state index contributed by atoms with van der Waals surface area (Å²) in [5, 5.41) is 15.8. The summed E-state index contributed by atoms with van der Waals surface area (Å²) in [6, 6.07) is -2.51. The molecule has 128 valence electrons. The van der Waals surface area contributed by atoms with Crippen LogP contribution in [0.15, 0.2) is 6.20 Å². The Morgan fingerprint density at radius 2 is 2.30 bits per heavy atom. The molecule has 7 heteroatoms. The van der Waals surface area contributed by atoms with Gasteiger partial charge in [-0.1, -0.05) is 6.85 Å². The van der Waals surface area contributed by atoms with E-state index in [0.717, 1.165) is 6.20 Å². The first-order chi connectivity index (χ1) is 14.9. The van der Waals surface area contributed by atoms with Crippen molar-refractivity contribution in [2.24, 2.45) is 11.6 Å². The first-order valence-electron chi connectivity index (χ1n) is 12.3. The van der Waals surface area contributed by atoms with Crippen molar-refractivity contribution in [2.45, 2.75) is 64.4 Å². The molecule has 0 saturated heterocycles. The van der Waals surface area contributed by atoms with Crippen LogP contribution in [0.3, 0.4) is 0 Å². The highest BCUT2D eigenvalue weighted by Gasteiger charge is 2.27. The van der Waals surface area contributed by atoms with E-state index >= 15 is 0 Å². The quantitative estimate of drug-likeness (QED) is 0.668. The zero-order valence-corrected chi connectivity index (χ0v) is 13.0. The van der Waals surface area contributed by atoms with Gasteiger partial charge >= 0.3 is 0 Å². The highest BCUT2D eigenvalue weighted by molar-refractivity contribution is 5.97. The second-order valence-electron chi connectivity index (χ2n) is 5.91. The van der Waals surface area contributed by atoms with Crippen LogP contribution in [0, 0.1) is 5.89 Å². The van der Waals surface area contributed by atoms with Crippen LogP contribution < -0.4 is 16.4 Å². The standard InChI is InChI=1S/C16H27N5O2/c1-9-5-6-10(7-12(9)22)19-14-11(13(17)23)8-18-15(20-14)21-16(2,3)4/h8-10,12,22H,5-7H2,1-4H3,(H2,17,23)(H2,18,19,20,21)/i1D3,5D2,6D2,7D2,9D,12D. The molecule has 1 aromatic heterocycles. The van der Waals surface area contributed by atoms with Crippen molar-refractivity contribution < 1.29 is 25.0 Å². The Morgan fingerprint density at radius 1 is 1.57 bits per heavy atom. The lowest BCUT2D eigenvalue weighted by Gasteiger charge is -2.32. The molecule has 2 rings (SSSR count). The van der Waals surface area contributed by atoms with Gasteiger partial charge in [-0.3, -0.25) is 4.79 Å². The summed E-state index contributed by atoms with van der Waals surface area (Å²) in [5.41, 5.74) is 4.28. The number of aliphatic hydroxyl groups is 1. The molecule has 1 amide bonds. The lowest BCUT2D eigenvalue weighted by atomic mass is 9.85. The van der Waals surface area contributed by atoms with Gasteiger partial charge in [-0.2, -0.15) is 4.98 Å². The third kappa shape index (κ3) is 4.79. The fraction of sp³-hybridized carbons (Fsp3) is 0.688. The third-order valence-corrected chi connectivity index (χ3v) is 2.68. The molecule has 1 aliphatic rings. The number of aromatic nitrogens is 2. The number of hydrogen-bond acceptors (Lipinski definition) is 6. The number of hydrogen-bond donors (Lipinski definition) is 4. The second-order valence-corrected chi connectivity index (χ2v) is 5.91. The van der Waals surface area contributed by atoms with Crippen molar-refractivity contribution in [1.29, 1.82) is 0 Å². The molecule has 5 N–H and O–H groups in total. The molecule has 3 unspecified atom stereocenters. The molecule has 0 spiro atoms. The minimum Gasteiger partial charge on any atom is -0.393 e. The molecular formula is C16H27N5O2.